The third-order valence-electron chi connectivity index (χ3n) is 4.03. The van der Waals surface area contributed by atoms with E-state index in [-0.39, 0.29) is 11.6 Å². The van der Waals surface area contributed by atoms with Crippen molar-refractivity contribution < 1.29 is 31.5 Å². The Morgan fingerprint density at radius 1 is 1.00 bits per heavy atom. The van der Waals surface area contributed by atoms with E-state index in [0.29, 0.717) is 5.56 Å². The number of halogens is 1. The summed E-state index contributed by atoms with van der Waals surface area (Å²) in [5, 5.41) is 24.2. The molecule has 3 rings (SSSR count). The molecule has 3 aromatic carbocycles. The van der Waals surface area contributed by atoms with Crippen LogP contribution < -0.4 is 15.0 Å². The molecule has 34 heavy (non-hydrogen) atoms. The molecule has 0 saturated heterocycles. The van der Waals surface area contributed by atoms with Crippen LogP contribution in [0.15, 0.2) is 77.3 Å². The number of benzene rings is 3. The fourth-order valence-corrected chi connectivity index (χ4v) is 4.64. The second-order valence-electron chi connectivity index (χ2n) is 6.57. The monoisotopic (exact) mass is 595 g/mol. The van der Waals surface area contributed by atoms with Crippen LogP contribution in [0.3, 0.4) is 0 Å². The number of nitro groups is 1. The number of nitrogens with one attached hydrogen (secondary N) is 2. The van der Waals surface area contributed by atoms with E-state index in [1.807, 2.05) is 42.5 Å². The molecule has 0 saturated carbocycles. The van der Waals surface area contributed by atoms with Gasteiger partial charge in [0.25, 0.3) is 5.91 Å². The van der Waals surface area contributed by atoms with Crippen molar-refractivity contribution in [1.29, 1.82) is 0 Å². The molecule has 1 atom stereocenters. The number of hydrogen-bond donors (Lipinski definition) is 4. The van der Waals surface area contributed by atoms with E-state index < -0.39 is 35.0 Å². The summed E-state index contributed by atoms with van der Waals surface area (Å²) < 4.78 is 24.4. The topological polar surface area (TPSA) is 168 Å². The molecule has 0 fully saturated rings. The molecule has 0 aliphatic carbocycles. The van der Waals surface area contributed by atoms with Crippen LogP contribution in [0.1, 0.15) is 17.3 Å². The molecule has 2 amide bonds. The molecule has 0 bridgehead atoms. The third kappa shape index (κ3) is 7.94. The van der Waals surface area contributed by atoms with Gasteiger partial charge in [0.05, 0.1) is 0 Å². The second kappa shape index (κ2) is 12.3. The first-order chi connectivity index (χ1) is 16.0. The molecule has 13 heteroatoms. The first kappa shape index (κ1) is 27.0. The summed E-state index contributed by atoms with van der Waals surface area (Å²) in [7, 11) is 0. The van der Waals surface area contributed by atoms with Gasteiger partial charge in [0.2, 0.25) is 0 Å². The van der Waals surface area contributed by atoms with Gasteiger partial charge in [0.15, 0.2) is 0 Å². The summed E-state index contributed by atoms with van der Waals surface area (Å²) in [5.74, 6) is -0.549. The van der Waals surface area contributed by atoms with E-state index in [1.165, 1.54) is 13.0 Å². The number of amides is 2. The van der Waals surface area contributed by atoms with Crippen molar-refractivity contribution >= 4 is 63.3 Å². The van der Waals surface area contributed by atoms with Crippen LogP contribution in [0.5, 0.6) is 0 Å². The van der Waals surface area contributed by atoms with Gasteiger partial charge in [-0.2, -0.15) is 0 Å². The van der Waals surface area contributed by atoms with Crippen molar-refractivity contribution in [1.82, 2.24) is 0 Å². The predicted octanol–water partition coefficient (Wildman–Crippen LogP) is 3.31. The molecular formula is C21H19AsBrN3O8. The largest absolute Gasteiger partial charge is 0.322 e. The van der Waals surface area contributed by atoms with Crippen LogP contribution >= 0.6 is 15.9 Å². The van der Waals surface area contributed by atoms with Crippen molar-refractivity contribution in [3.8, 4) is 0 Å². The zero-order valence-corrected chi connectivity index (χ0v) is 21.0. The van der Waals surface area contributed by atoms with Crippen molar-refractivity contribution in [2.75, 3.05) is 10.6 Å². The van der Waals surface area contributed by atoms with Gasteiger partial charge in [-0.05, 0) is 30.3 Å². The van der Waals surface area contributed by atoms with Gasteiger partial charge in [0.1, 0.15) is 0 Å². The maximum Gasteiger partial charge on any atom is 0.255 e. The van der Waals surface area contributed by atoms with Gasteiger partial charge >= 0.3 is 103 Å². The number of carbonyl (C=O) groups is 2. The van der Waals surface area contributed by atoms with E-state index in [9.17, 15) is 27.5 Å². The molecular weight excluding hydrogens is 577 g/mol. The predicted molar refractivity (Wildman–Crippen MR) is 128 cm³/mol. The number of nitrogens with zero attached hydrogens (tertiary/aromatic N) is 1. The normalized spacial score (nSPS) is 11.9. The average Bonchev–Trinajstić information content (AvgIpc) is 2.79. The SMILES string of the molecule is CC(=O)Nc1ccc([As](=O)(O)OO)c([N+](=O)[O-])c1.O=C(Nc1cccc(Br)c1)c1ccccc1. The summed E-state index contributed by atoms with van der Waals surface area (Å²) in [4.78, 5) is 32.4. The number of nitro benzene ring substituents is 1. The molecule has 178 valence electrons. The second-order valence-corrected chi connectivity index (χ2v) is 11.0. The van der Waals surface area contributed by atoms with Crippen LogP contribution in [-0.2, 0) is 12.4 Å². The molecule has 0 aliphatic rings. The smallest absolute Gasteiger partial charge is 0.255 e. The van der Waals surface area contributed by atoms with Gasteiger partial charge < -0.3 is 5.32 Å². The van der Waals surface area contributed by atoms with Gasteiger partial charge in [-0.25, -0.2) is 0 Å². The van der Waals surface area contributed by atoms with Gasteiger partial charge in [-0.15, -0.1) is 0 Å². The maximum absolute atomic E-state index is 11.8. The molecule has 4 N–H and O–H groups in total. The Morgan fingerprint density at radius 3 is 2.21 bits per heavy atom. The molecule has 3 aromatic rings. The van der Waals surface area contributed by atoms with E-state index in [4.69, 9.17) is 5.26 Å². The van der Waals surface area contributed by atoms with Crippen LogP contribution in [-0.4, -0.2) is 40.3 Å². The Morgan fingerprint density at radius 2 is 1.65 bits per heavy atom. The van der Waals surface area contributed by atoms with Gasteiger partial charge in [-0.1, -0.05) is 40.2 Å². The van der Waals surface area contributed by atoms with Crippen molar-refractivity contribution in [3.63, 3.8) is 0 Å². The number of rotatable bonds is 6. The summed E-state index contributed by atoms with van der Waals surface area (Å²) >= 11 is -1.97. The summed E-state index contributed by atoms with van der Waals surface area (Å²) in [5.41, 5.74) is 0.803. The number of carbonyl (C=O) groups excluding carboxylic acids is 2. The quantitative estimate of drug-likeness (QED) is 0.146. The molecule has 0 aromatic heterocycles. The van der Waals surface area contributed by atoms with E-state index in [2.05, 4.69) is 30.4 Å². The zero-order chi connectivity index (χ0) is 25.3. The minimum Gasteiger partial charge on any atom is -0.322 e. The van der Waals surface area contributed by atoms with Crippen molar-refractivity contribution in [2.24, 2.45) is 0 Å². The average molecular weight is 596 g/mol. The van der Waals surface area contributed by atoms with Crippen LogP contribution in [0, 0.1) is 10.1 Å². The van der Waals surface area contributed by atoms with Crippen LogP contribution in [0.2, 0.25) is 0 Å². The third-order valence-corrected chi connectivity index (χ3v) is 7.05. The van der Waals surface area contributed by atoms with Crippen molar-refractivity contribution in [3.05, 3.63) is 92.9 Å². The summed E-state index contributed by atoms with van der Waals surface area (Å²) in [6, 6.07) is 19.7. The molecule has 1 unspecified atom stereocenters. The Balaban J connectivity index is 0.000000241. The minimum atomic E-state index is -5.33. The minimum absolute atomic E-state index is 0.0892. The zero-order valence-electron chi connectivity index (χ0n) is 17.5. The standard InChI is InChI=1S/C13H10BrNO.C8H9AsN2O7/c14-11-7-4-8-12(9-11)15-13(16)10-5-2-1-3-6-10;1-5(12)10-6-2-3-7(9(13,14)18-17)8(4-6)11(15)16/h1-9H,(H,15,16);2-4,17H,1H3,(H,10,12)(H,13,14). The van der Waals surface area contributed by atoms with Crippen LogP contribution in [0.25, 0.3) is 0 Å². The Bertz CT molecular complexity index is 1240. The Labute approximate surface area is 205 Å². The Kier molecular flexibility index (Phi) is 9.72. The summed E-state index contributed by atoms with van der Waals surface area (Å²) in [6.45, 7) is 1.21. The Hall–Kier alpha value is -3.28. The molecule has 0 radical (unpaired) electrons. The van der Waals surface area contributed by atoms with Crippen LogP contribution in [0.4, 0.5) is 17.1 Å². The van der Waals surface area contributed by atoms with E-state index in [0.717, 1.165) is 22.3 Å². The fraction of sp³-hybridized carbons (Fsp3) is 0.0476. The van der Waals surface area contributed by atoms with Crippen molar-refractivity contribution in [2.45, 2.75) is 6.92 Å². The molecule has 11 nitrogen and oxygen atoms in total. The van der Waals surface area contributed by atoms with E-state index >= 15 is 0 Å². The number of anilines is 2. The first-order valence-corrected chi connectivity index (χ1v) is 13.5. The summed E-state index contributed by atoms with van der Waals surface area (Å²) in [6.07, 6.45) is 0. The van der Waals surface area contributed by atoms with Gasteiger partial charge in [0, 0.05) is 15.7 Å². The van der Waals surface area contributed by atoms with E-state index in [1.54, 1.807) is 12.1 Å². The fourth-order valence-electron chi connectivity index (χ4n) is 2.59. The molecule has 0 spiro atoms. The molecule has 0 heterocycles. The maximum atomic E-state index is 11.8. The first-order valence-electron chi connectivity index (χ1n) is 9.38. The van der Waals surface area contributed by atoms with Gasteiger partial charge in [-0.3, -0.25) is 4.79 Å². The molecule has 0 aliphatic heterocycles. The number of hydrogen-bond acceptors (Lipinski definition) is 7.